The topological polar surface area (TPSA) is 98.8 Å². The highest BCUT2D eigenvalue weighted by Gasteiger charge is 2.66. The largest absolute Gasteiger partial charge is 0.468 e. The number of hydrogen-bond acceptors (Lipinski definition) is 7. The zero-order valence-electron chi connectivity index (χ0n) is 29.7. The fourth-order valence-corrected chi connectivity index (χ4v) is 11.3. The average Bonchev–Trinajstić information content (AvgIpc) is 3.03. The minimum absolute atomic E-state index is 0.0129. The van der Waals surface area contributed by atoms with Crippen LogP contribution in [0.3, 0.4) is 0 Å². The number of aldehydes is 1. The molecular weight excluding hydrogens is 590 g/mol. The number of rotatable bonds is 6. The first-order valence-electron chi connectivity index (χ1n) is 17.9. The lowest BCUT2D eigenvalue weighted by Crippen LogP contribution is -2.63. The standard InChI is InChI=1S/C36H48O4.C4H9NO2/c1-33(2)25(21-37)12-17-36(5)30(33)14-18-35(4)27-13-16-34(3)15-11-24(19-28(34)26(27)20-29(38)31(35)36)32(39)40-22-23-9-7-6-8-10-23;1-5-3-4(6)7-2/h6-10,20-21,24-25,27-28,30-31H,11-19,22H2,1-5H3;5H,3H2,1-2H3. The maximum absolute atomic E-state index is 14.3. The molecule has 4 saturated carbocycles. The van der Waals surface area contributed by atoms with Gasteiger partial charge in [-0.1, -0.05) is 70.5 Å². The van der Waals surface area contributed by atoms with Crippen molar-refractivity contribution in [1.29, 1.82) is 0 Å². The minimum Gasteiger partial charge on any atom is -0.468 e. The Kier molecular flexibility index (Phi) is 10.3. The second-order valence-electron chi connectivity index (χ2n) is 16.7. The predicted octanol–water partition coefficient (Wildman–Crippen LogP) is 7.12. The molecule has 1 N–H and O–H groups in total. The van der Waals surface area contributed by atoms with E-state index in [9.17, 15) is 19.2 Å². The lowest BCUT2D eigenvalue weighted by Gasteiger charge is -2.67. The van der Waals surface area contributed by atoms with E-state index in [-0.39, 0.29) is 63.8 Å². The molecule has 5 aliphatic carbocycles. The second kappa shape index (κ2) is 13.6. The van der Waals surface area contributed by atoms with Crippen molar-refractivity contribution in [2.75, 3.05) is 20.7 Å². The van der Waals surface area contributed by atoms with Crippen LogP contribution in [-0.4, -0.2) is 44.7 Å². The number of methoxy groups -OCH3 is 1. The maximum atomic E-state index is 14.3. The number of nitrogens with one attached hydrogen (secondary N) is 1. The maximum Gasteiger partial charge on any atom is 0.319 e. The molecule has 0 heterocycles. The quantitative estimate of drug-likeness (QED) is 0.259. The van der Waals surface area contributed by atoms with Crippen molar-refractivity contribution in [1.82, 2.24) is 5.32 Å². The number of esters is 2. The number of fused-ring (bicyclic) bond motifs is 7. The van der Waals surface area contributed by atoms with E-state index in [0.717, 1.165) is 56.9 Å². The van der Waals surface area contributed by atoms with Gasteiger partial charge in [-0.05, 0) is 116 Å². The van der Waals surface area contributed by atoms with Crippen molar-refractivity contribution in [3.05, 3.63) is 47.5 Å². The number of ketones is 1. The van der Waals surface area contributed by atoms with Crippen LogP contribution in [0.2, 0.25) is 0 Å². The van der Waals surface area contributed by atoms with Crippen LogP contribution in [0.25, 0.3) is 0 Å². The van der Waals surface area contributed by atoms with Crippen molar-refractivity contribution in [2.24, 2.45) is 57.2 Å². The van der Waals surface area contributed by atoms with E-state index < -0.39 is 0 Å². The zero-order chi connectivity index (χ0) is 34.2. The first-order valence-corrected chi connectivity index (χ1v) is 17.9. The Hall–Kier alpha value is -2.80. The highest BCUT2D eigenvalue weighted by molar-refractivity contribution is 5.95. The van der Waals surface area contributed by atoms with E-state index in [4.69, 9.17) is 4.74 Å². The molecule has 4 fully saturated rings. The summed E-state index contributed by atoms with van der Waals surface area (Å²) in [5.41, 5.74) is 2.30. The molecule has 258 valence electrons. The molecular formula is C40H57NO6. The van der Waals surface area contributed by atoms with Gasteiger partial charge < -0.3 is 19.6 Å². The molecule has 7 heteroatoms. The van der Waals surface area contributed by atoms with Crippen molar-refractivity contribution >= 4 is 24.0 Å². The number of ether oxygens (including phenoxy) is 2. The normalized spacial score (nSPS) is 38.4. The summed E-state index contributed by atoms with van der Waals surface area (Å²) in [5, 5.41) is 2.64. The molecule has 1 aromatic rings. The first kappa shape index (κ1) is 35.5. The number of likely N-dealkylation sites (N-methyl/N-ethyl adjacent to an activating group) is 1. The van der Waals surface area contributed by atoms with Gasteiger partial charge in [-0.25, -0.2) is 0 Å². The summed E-state index contributed by atoms with van der Waals surface area (Å²) in [5.74, 6) is 1.04. The van der Waals surface area contributed by atoms with Crippen LogP contribution in [0.15, 0.2) is 42.0 Å². The molecule has 6 rings (SSSR count). The molecule has 0 saturated heterocycles. The molecule has 47 heavy (non-hydrogen) atoms. The van der Waals surface area contributed by atoms with Crippen LogP contribution in [0.1, 0.15) is 98.0 Å². The van der Waals surface area contributed by atoms with E-state index >= 15 is 0 Å². The van der Waals surface area contributed by atoms with Gasteiger partial charge in [0.15, 0.2) is 5.78 Å². The van der Waals surface area contributed by atoms with E-state index in [1.54, 1.807) is 7.05 Å². The Morgan fingerprint density at radius 2 is 1.60 bits per heavy atom. The van der Waals surface area contributed by atoms with Gasteiger partial charge in [-0.3, -0.25) is 14.4 Å². The van der Waals surface area contributed by atoms with Gasteiger partial charge in [-0.2, -0.15) is 0 Å². The van der Waals surface area contributed by atoms with E-state index in [2.05, 4.69) is 50.7 Å². The van der Waals surface area contributed by atoms with Gasteiger partial charge in [0.05, 0.1) is 19.6 Å². The molecule has 0 spiro atoms. The molecule has 0 amide bonds. The Balaban J connectivity index is 0.000000559. The lowest BCUT2D eigenvalue weighted by molar-refractivity contribution is -0.177. The molecule has 0 bridgehead atoms. The Morgan fingerprint density at radius 3 is 2.23 bits per heavy atom. The number of hydrogen-bond donors (Lipinski definition) is 1. The zero-order valence-corrected chi connectivity index (χ0v) is 29.7. The third-order valence-electron chi connectivity index (χ3n) is 13.8. The molecule has 0 aliphatic heterocycles. The third-order valence-corrected chi connectivity index (χ3v) is 13.8. The van der Waals surface area contributed by atoms with Gasteiger partial charge in [-0.15, -0.1) is 0 Å². The molecule has 9 atom stereocenters. The summed E-state index contributed by atoms with van der Waals surface area (Å²) >= 11 is 0. The van der Waals surface area contributed by atoms with Crippen LogP contribution in [0.4, 0.5) is 0 Å². The second-order valence-corrected chi connectivity index (χ2v) is 16.7. The van der Waals surface area contributed by atoms with Crippen LogP contribution in [-0.2, 0) is 35.3 Å². The smallest absolute Gasteiger partial charge is 0.319 e. The van der Waals surface area contributed by atoms with Crippen molar-refractivity contribution < 1.29 is 28.7 Å². The van der Waals surface area contributed by atoms with Gasteiger partial charge in [0.2, 0.25) is 0 Å². The average molecular weight is 648 g/mol. The minimum atomic E-state index is -0.234. The fraction of sp³-hybridized carbons (Fsp3) is 0.700. The molecule has 7 nitrogen and oxygen atoms in total. The molecule has 0 aromatic heterocycles. The molecule has 1 aromatic carbocycles. The van der Waals surface area contributed by atoms with Crippen LogP contribution < -0.4 is 5.32 Å². The monoisotopic (exact) mass is 647 g/mol. The van der Waals surface area contributed by atoms with Crippen LogP contribution in [0.5, 0.6) is 0 Å². The van der Waals surface area contributed by atoms with E-state index in [0.29, 0.717) is 24.2 Å². The summed E-state index contributed by atoms with van der Waals surface area (Å²) in [6.07, 6.45) is 12.2. The van der Waals surface area contributed by atoms with Gasteiger partial charge in [0.25, 0.3) is 0 Å². The molecule has 5 aliphatic rings. The SMILES string of the molecule is CC12CCC(C(=O)OCc3ccccc3)CC1C1=CC(=O)C3C(C)(CCC4C(C)(C)C(C=O)CCC43C)C1CC2.CNCC(=O)OC. The summed E-state index contributed by atoms with van der Waals surface area (Å²) in [6, 6.07) is 9.91. The first-order chi connectivity index (χ1) is 22.2. The highest BCUT2D eigenvalue weighted by atomic mass is 16.5. The molecule has 9 unspecified atom stereocenters. The highest BCUT2D eigenvalue weighted by Crippen LogP contribution is 2.71. The van der Waals surface area contributed by atoms with Gasteiger partial charge in [0.1, 0.15) is 12.9 Å². The van der Waals surface area contributed by atoms with Gasteiger partial charge >= 0.3 is 11.9 Å². The number of carbonyl (C=O) groups is 4. The van der Waals surface area contributed by atoms with Crippen molar-refractivity contribution in [3.63, 3.8) is 0 Å². The van der Waals surface area contributed by atoms with Crippen molar-refractivity contribution in [2.45, 2.75) is 99.0 Å². The lowest BCUT2D eigenvalue weighted by atomic mass is 9.36. The number of benzene rings is 1. The van der Waals surface area contributed by atoms with E-state index in [1.807, 2.05) is 30.3 Å². The molecule has 0 radical (unpaired) electrons. The number of carbonyl (C=O) groups excluding carboxylic acids is 4. The van der Waals surface area contributed by atoms with Crippen molar-refractivity contribution in [3.8, 4) is 0 Å². The summed E-state index contributed by atoms with van der Waals surface area (Å²) in [7, 11) is 3.05. The van der Waals surface area contributed by atoms with E-state index in [1.165, 1.54) is 25.4 Å². The summed E-state index contributed by atoms with van der Waals surface area (Å²) in [4.78, 5) is 49.7. The Labute approximate surface area is 282 Å². The fourth-order valence-electron chi connectivity index (χ4n) is 11.3. The third kappa shape index (κ3) is 6.38. The summed E-state index contributed by atoms with van der Waals surface area (Å²) in [6.45, 7) is 12.4. The Morgan fingerprint density at radius 1 is 0.915 bits per heavy atom. The summed E-state index contributed by atoms with van der Waals surface area (Å²) < 4.78 is 10.1. The van der Waals surface area contributed by atoms with Gasteiger partial charge in [0, 0.05) is 11.8 Å². The number of allylic oxidation sites excluding steroid dienone is 2. The predicted molar refractivity (Wildman–Crippen MR) is 182 cm³/mol. The Bertz CT molecular complexity index is 1370. The van der Waals surface area contributed by atoms with Crippen LogP contribution >= 0.6 is 0 Å². The van der Waals surface area contributed by atoms with Crippen LogP contribution in [0, 0.1) is 57.2 Å².